The van der Waals surface area contributed by atoms with E-state index in [9.17, 15) is 4.79 Å². The van der Waals surface area contributed by atoms with Crippen LogP contribution in [0.2, 0.25) is 0 Å². The van der Waals surface area contributed by atoms with Crippen molar-refractivity contribution in [2.45, 2.75) is 18.9 Å². The molecule has 1 heterocycles. The molecule has 1 fully saturated rings. The molecule has 1 aliphatic heterocycles. The minimum absolute atomic E-state index is 0.0590. The number of rotatable bonds is 4. The van der Waals surface area contributed by atoms with Crippen LogP contribution in [0.25, 0.3) is 0 Å². The molecule has 1 aliphatic rings. The summed E-state index contributed by atoms with van der Waals surface area (Å²) in [5.41, 5.74) is 7.68. The molecule has 1 atom stereocenters. The number of hydroxylamine groups is 1. The molecule has 0 aromatic carbocycles. The summed E-state index contributed by atoms with van der Waals surface area (Å²) in [5.74, 6) is -0.453. The Labute approximate surface area is 71.6 Å². The van der Waals surface area contributed by atoms with Gasteiger partial charge in [-0.15, -0.1) is 0 Å². The number of hydrogen-bond donors (Lipinski definition) is 3. The SMILES string of the molecule is NC(=O)CONC1CCCNC1. The molecule has 12 heavy (non-hydrogen) atoms. The van der Waals surface area contributed by atoms with Gasteiger partial charge in [-0.1, -0.05) is 0 Å². The lowest BCUT2D eigenvalue weighted by molar-refractivity contribution is -0.126. The lowest BCUT2D eigenvalue weighted by atomic mass is 10.1. The molecule has 0 aromatic heterocycles. The van der Waals surface area contributed by atoms with Gasteiger partial charge in [0.2, 0.25) is 5.91 Å². The number of hydrogen-bond acceptors (Lipinski definition) is 4. The van der Waals surface area contributed by atoms with Crippen LogP contribution in [-0.4, -0.2) is 31.6 Å². The third-order valence-electron chi connectivity index (χ3n) is 1.76. The average Bonchev–Trinajstić information content (AvgIpc) is 2.05. The Hall–Kier alpha value is -0.650. The Bertz CT molecular complexity index is 146. The van der Waals surface area contributed by atoms with Crippen molar-refractivity contribution < 1.29 is 9.63 Å². The molecule has 1 amide bonds. The summed E-state index contributed by atoms with van der Waals surface area (Å²) < 4.78 is 0. The summed E-state index contributed by atoms with van der Waals surface area (Å²) in [5, 5.41) is 3.21. The van der Waals surface area contributed by atoms with E-state index in [2.05, 4.69) is 10.8 Å². The van der Waals surface area contributed by atoms with E-state index in [1.54, 1.807) is 0 Å². The van der Waals surface area contributed by atoms with Gasteiger partial charge in [0.1, 0.15) is 6.61 Å². The molecule has 0 aromatic rings. The van der Waals surface area contributed by atoms with Gasteiger partial charge in [0.25, 0.3) is 0 Å². The topological polar surface area (TPSA) is 76.4 Å². The van der Waals surface area contributed by atoms with Gasteiger partial charge in [-0.05, 0) is 19.4 Å². The van der Waals surface area contributed by atoms with Crippen molar-refractivity contribution in [2.75, 3.05) is 19.7 Å². The highest BCUT2D eigenvalue weighted by molar-refractivity contribution is 5.74. The second-order valence-corrected chi connectivity index (χ2v) is 2.92. The van der Waals surface area contributed by atoms with Crippen LogP contribution in [0.5, 0.6) is 0 Å². The predicted octanol–water partition coefficient (Wildman–Crippen LogP) is -1.26. The van der Waals surface area contributed by atoms with Crippen LogP contribution in [0.3, 0.4) is 0 Å². The van der Waals surface area contributed by atoms with Gasteiger partial charge >= 0.3 is 0 Å². The number of nitrogens with one attached hydrogen (secondary N) is 2. The molecule has 70 valence electrons. The molecule has 1 saturated heterocycles. The van der Waals surface area contributed by atoms with Crippen LogP contribution in [0.1, 0.15) is 12.8 Å². The highest BCUT2D eigenvalue weighted by Crippen LogP contribution is 2.00. The first-order valence-corrected chi connectivity index (χ1v) is 4.15. The second-order valence-electron chi connectivity index (χ2n) is 2.92. The summed E-state index contributed by atoms with van der Waals surface area (Å²) in [7, 11) is 0. The molecule has 5 nitrogen and oxygen atoms in total. The summed E-state index contributed by atoms with van der Waals surface area (Å²) in [6, 6.07) is 0.304. The first-order chi connectivity index (χ1) is 5.79. The fourth-order valence-electron chi connectivity index (χ4n) is 1.18. The zero-order chi connectivity index (χ0) is 8.81. The Morgan fingerprint density at radius 1 is 1.75 bits per heavy atom. The van der Waals surface area contributed by atoms with E-state index in [0.29, 0.717) is 6.04 Å². The van der Waals surface area contributed by atoms with E-state index in [0.717, 1.165) is 25.9 Å². The van der Waals surface area contributed by atoms with Gasteiger partial charge in [-0.3, -0.25) is 9.63 Å². The third kappa shape index (κ3) is 3.66. The minimum atomic E-state index is -0.453. The zero-order valence-corrected chi connectivity index (χ0v) is 7.01. The van der Waals surface area contributed by atoms with Crippen LogP contribution in [0, 0.1) is 0 Å². The molecule has 0 bridgehead atoms. The Morgan fingerprint density at radius 2 is 2.58 bits per heavy atom. The van der Waals surface area contributed by atoms with Crippen LogP contribution < -0.4 is 16.5 Å². The second kappa shape index (κ2) is 5.08. The van der Waals surface area contributed by atoms with E-state index >= 15 is 0 Å². The van der Waals surface area contributed by atoms with Gasteiger partial charge in [0.15, 0.2) is 0 Å². The zero-order valence-electron chi connectivity index (χ0n) is 7.01. The van der Waals surface area contributed by atoms with Gasteiger partial charge in [-0.25, -0.2) is 0 Å². The summed E-state index contributed by atoms with van der Waals surface area (Å²) in [4.78, 5) is 15.2. The monoisotopic (exact) mass is 173 g/mol. The third-order valence-corrected chi connectivity index (χ3v) is 1.76. The maximum absolute atomic E-state index is 10.3. The van der Waals surface area contributed by atoms with Crippen LogP contribution in [0.4, 0.5) is 0 Å². The number of primary amides is 1. The summed E-state index contributed by atoms with van der Waals surface area (Å²) >= 11 is 0. The van der Waals surface area contributed by atoms with Crippen molar-refractivity contribution in [3.8, 4) is 0 Å². The fraction of sp³-hybridized carbons (Fsp3) is 0.857. The maximum atomic E-state index is 10.3. The van der Waals surface area contributed by atoms with Crippen molar-refractivity contribution >= 4 is 5.91 Å². The molecule has 5 heteroatoms. The van der Waals surface area contributed by atoms with Crippen molar-refractivity contribution in [3.63, 3.8) is 0 Å². The van der Waals surface area contributed by atoms with Gasteiger partial charge < -0.3 is 11.1 Å². The minimum Gasteiger partial charge on any atom is -0.368 e. The molecule has 0 saturated carbocycles. The largest absolute Gasteiger partial charge is 0.368 e. The lowest BCUT2D eigenvalue weighted by Gasteiger charge is -2.22. The van der Waals surface area contributed by atoms with Gasteiger partial charge in [-0.2, -0.15) is 5.48 Å². The Kier molecular flexibility index (Phi) is 3.99. The van der Waals surface area contributed by atoms with E-state index in [-0.39, 0.29) is 6.61 Å². The Balaban J connectivity index is 2.01. The van der Waals surface area contributed by atoms with Crippen LogP contribution in [0.15, 0.2) is 0 Å². The van der Waals surface area contributed by atoms with E-state index < -0.39 is 5.91 Å². The van der Waals surface area contributed by atoms with Crippen LogP contribution >= 0.6 is 0 Å². The molecule has 0 radical (unpaired) electrons. The number of carbonyl (C=O) groups excluding carboxylic acids is 1. The maximum Gasteiger partial charge on any atom is 0.245 e. The normalized spacial score (nSPS) is 23.8. The van der Waals surface area contributed by atoms with Gasteiger partial charge in [0, 0.05) is 12.6 Å². The summed E-state index contributed by atoms with van der Waals surface area (Å²) in [6.45, 7) is 1.89. The highest BCUT2D eigenvalue weighted by Gasteiger charge is 2.12. The standard InChI is InChI=1S/C7H15N3O2/c8-7(11)5-12-10-6-2-1-3-9-4-6/h6,9-10H,1-5H2,(H2,8,11). The first-order valence-electron chi connectivity index (χ1n) is 4.15. The molecule has 0 aliphatic carbocycles. The van der Waals surface area contributed by atoms with Crippen LogP contribution in [-0.2, 0) is 9.63 Å². The van der Waals surface area contributed by atoms with Gasteiger partial charge in [0.05, 0.1) is 0 Å². The molecular formula is C7H15N3O2. The first kappa shape index (κ1) is 9.44. The van der Waals surface area contributed by atoms with Crippen molar-refractivity contribution in [1.82, 2.24) is 10.8 Å². The van der Waals surface area contributed by atoms with E-state index in [4.69, 9.17) is 10.6 Å². The van der Waals surface area contributed by atoms with E-state index in [1.807, 2.05) is 0 Å². The molecule has 1 rings (SSSR count). The van der Waals surface area contributed by atoms with Crippen molar-refractivity contribution in [3.05, 3.63) is 0 Å². The molecule has 4 N–H and O–H groups in total. The lowest BCUT2D eigenvalue weighted by Crippen LogP contribution is -2.43. The van der Waals surface area contributed by atoms with Crippen molar-refractivity contribution in [2.24, 2.45) is 5.73 Å². The number of piperidine rings is 1. The smallest absolute Gasteiger partial charge is 0.245 e. The number of nitrogens with two attached hydrogens (primary N) is 1. The summed E-state index contributed by atoms with van der Waals surface area (Å²) in [6.07, 6.45) is 2.21. The quantitative estimate of drug-likeness (QED) is 0.464. The highest BCUT2D eigenvalue weighted by atomic mass is 16.6. The number of amides is 1. The predicted molar refractivity (Wildman–Crippen MR) is 44.2 cm³/mol. The molecular weight excluding hydrogens is 158 g/mol. The van der Waals surface area contributed by atoms with Crippen molar-refractivity contribution in [1.29, 1.82) is 0 Å². The molecule has 1 unspecified atom stereocenters. The average molecular weight is 173 g/mol. The number of carbonyl (C=O) groups is 1. The fourth-order valence-corrected chi connectivity index (χ4v) is 1.18. The van der Waals surface area contributed by atoms with E-state index in [1.165, 1.54) is 0 Å². The molecule has 0 spiro atoms. The Morgan fingerprint density at radius 3 is 3.17 bits per heavy atom.